The van der Waals surface area contributed by atoms with E-state index in [0.717, 1.165) is 12.8 Å². The number of amides is 1. The standard InChI is InChI=1S/C15H17ClN2O6/c16-10-4-5-13(12(9-10)18(22)23)24-8-6-14(19)17-7-2-1-3-11(17)15(20)21/h4-5,9,11H,1-3,6-8H2,(H,20,21). The lowest BCUT2D eigenvalue weighted by atomic mass is 10.0. The summed E-state index contributed by atoms with van der Waals surface area (Å²) in [6.07, 6.45) is 1.92. The Labute approximate surface area is 143 Å². The maximum Gasteiger partial charge on any atom is 0.326 e. The molecular formula is C15H17ClN2O6. The van der Waals surface area contributed by atoms with Crippen molar-refractivity contribution >= 4 is 29.2 Å². The topological polar surface area (TPSA) is 110 Å². The number of hydrogen-bond donors (Lipinski definition) is 1. The molecule has 1 atom stereocenters. The second-order valence-electron chi connectivity index (χ2n) is 5.40. The minimum absolute atomic E-state index is 0.0191. The second kappa shape index (κ2) is 7.96. The molecule has 0 spiro atoms. The molecule has 0 aliphatic carbocycles. The molecule has 1 amide bonds. The summed E-state index contributed by atoms with van der Waals surface area (Å²) in [6, 6.07) is 3.18. The molecule has 8 nitrogen and oxygen atoms in total. The lowest BCUT2D eigenvalue weighted by molar-refractivity contribution is -0.385. The van der Waals surface area contributed by atoms with Gasteiger partial charge in [-0.15, -0.1) is 0 Å². The van der Waals surface area contributed by atoms with Crippen molar-refractivity contribution in [2.45, 2.75) is 31.7 Å². The Morgan fingerprint density at radius 3 is 2.83 bits per heavy atom. The molecule has 1 aliphatic heterocycles. The minimum Gasteiger partial charge on any atom is -0.486 e. The number of carbonyl (C=O) groups excluding carboxylic acids is 1. The van der Waals surface area contributed by atoms with Crippen LogP contribution in [0.1, 0.15) is 25.7 Å². The molecule has 0 radical (unpaired) electrons. The van der Waals surface area contributed by atoms with Gasteiger partial charge in [-0.05, 0) is 31.4 Å². The van der Waals surface area contributed by atoms with Crippen LogP contribution >= 0.6 is 11.6 Å². The van der Waals surface area contributed by atoms with E-state index in [-0.39, 0.29) is 35.4 Å². The van der Waals surface area contributed by atoms with Gasteiger partial charge in [0.2, 0.25) is 5.91 Å². The summed E-state index contributed by atoms with van der Waals surface area (Å²) in [5.41, 5.74) is -0.281. The second-order valence-corrected chi connectivity index (χ2v) is 5.84. The molecule has 0 bridgehead atoms. The quantitative estimate of drug-likeness (QED) is 0.619. The number of nitrogens with zero attached hydrogens (tertiary/aromatic N) is 2. The van der Waals surface area contributed by atoms with E-state index in [2.05, 4.69) is 0 Å². The molecule has 1 unspecified atom stereocenters. The highest BCUT2D eigenvalue weighted by Crippen LogP contribution is 2.30. The van der Waals surface area contributed by atoms with Crippen LogP contribution in [0.2, 0.25) is 5.02 Å². The predicted molar refractivity (Wildman–Crippen MR) is 85.2 cm³/mol. The van der Waals surface area contributed by atoms with E-state index in [9.17, 15) is 24.8 Å². The average Bonchev–Trinajstić information content (AvgIpc) is 2.55. The van der Waals surface area contributed by atoms with Crippen molar-refractivity contribution in [2.24, 2.45) is 0 Å². The Bertz CT molecular complexity index is 651. The van der Waals surface area contributed by atoms with Gasteiger partial charge in [0, 0.05) is 17.6 Å². The number of nitro benzene ring substituents is 1. The van der Waals surface area contributed by atoms with Gasteiger partial charge in [-0.3, -0.25) is 14.9 Å². The summed E-state index contributed by atoms with van der Waals surface area (Å²) >= 11 is 5.72. The van der Waals surface area contributed by atoms with E-state index in [0.29, 0.717) is 13.0 Å². The highest BCUT2D eigenvalue weighted by molar-refractivity contribution is 6.30. The van der Waals surface area contributed by atoms with Crippen molar-refractivity contribution in [3.05, 3.63) is 33.3 Å². The monoisotopic (exact) mass is 356 g/mol. The normalized spacial score (nSPS) is 17.4. The number of piperidine rings is 1. The van der Waals surface area contributed by atoms with Crippen molar-refractivity contribution in [2.75, 3.05) is 13.2 Å². The number of nitro groups is 1. The van der Waals surface area contributed by atoms with Crippen LogP contribution in [-0.4, -0.2) is 46.0 Å². The number of carboxylic acids is 1. The van der Waals surface area contributed by atoms with Crippen LogP contribution in [0.5, 0.6) is 5.75 Å². The molecule has 1 fully saturated rings. The first-order chi connectivity index (χ1) is 11.4. The Balaban J connectivity index is 1.95. The number of carboxylic acid groups (broad SMARTS) is 1. The highest BCUT2D eigenvalue weighted by Gasteiger charge is 2.31. The summed E-state index contributed by atoms with van der Waals surface area (Å²) < 4.78 is 5.32. The van der Waals surface area contributed by atoms with Gasteiger partial charge in [0.05, 0.1) is 18.0 Å². The van der Waals surface area contributed by atoms with Gasteiger partial charge < -0.3 is 14.7 Å². The third-order valence-electron chi connectivity index (χ3n) is 3.80. The van der Waals surface area contributed by atoms with Gasteiger partial charge in [0.15, 0.2) is 5.75 Å². The van der Waals surface area contributed by atoms with Crippen LogP contribution in [0.3, 0.4) is 0 Å². The Hall–Kier alpha value is -2.35. The maximum absolute atomic E-state index is 12.2. The van der Waals surface area contributed by atoms with Gasteiger partial charge in [-0.1, -0.05) is 11.6 Å². The molecule has 1 aromatic carbocycles. The van der Waals surface area contributed by atoms with Crippen molar-refractivity contribution in [3.8, 4) is 5.75 Å². The lowest BCUT2D eigenvalue weighted by Crippen LogP contribution is -2.48. The predicted octanol–water partition coefficient (Wildman–Crippen LogP) is 2.48. The lowest BCUT2D eigenvalue weighted by Gasteiger charge is -2.33. The summed E-state index contributed by atoms with van der Waals surface area (Å²) in [7, 11) is 0. The number of rotatable bonds is 6. The van der Waals surface area contributed by atoms with Crippen LogP contribution in [0.15, 0.2) is 18.2 Å². The molecule has 1 heterocycles. The summed E-state index contributed by atoms with van der Waals surface area (Å²) in [4.78, 5) is 35.1. The molecule has 0 saturated carbocycles. The number of benzene rings is 1. The minimum atomic E-state index is -1.02. The summed E-state index contributed by atoms with van der Waals surface area (Å²) in [5, 5.41) is 20.3. The van der Waals surface area contributed by atoms with E-state index >= 15 is 0 Å². The Morgan fingerprint density at radius 1 is 1.42 bits per heavy atom. The van der Waals surface area contributed by atoms with Gasteiger partial charge in [0.1, 0.15) is 6.04 Å². The van der Waals surface area contributed by atoms with Crippen LogP contribution in [0.4, 0.5) is 5.69 Å². The Kier molecular flexibility index (Phi) is 5.97. The van der Waals surface area contributed by atoms with Gasteiger partial charge in [-0.25, -0.2) is 4.79 Å². The van der Waals surface area contributed by atoms with Crippen LogP contribution in [0.25, 0.3) is 0 Å². The van der Waals surface area contributed by atoms with Crippen molar-refractivity contribution < 1.29 is 24.4 Å². The average molecular weight is 357 g/mol. The third kappa shape index (κ3) is 4.35. The summed E-state index contributed by atoms with van der Waals surface area (Å²) in [5.74, 6) is -1.33. The van der Waals surface area contributed by atoms with E-state index < -0.39 is 16.9 Å². The molecule has 1 N–H and O–H groups in total. The van der Waals surface area contributed by atoms with E-state index in [1.165, 1.54) is 23.1 Å². The first-order valence-corrected chi connectivity index (χ1v) is 7.87. The Morgan fingerprint density at radius 2 is 2.17 bits per heavy atom. The van der Waals surface area contributed by atoms with E-state index in [1.807, 2.05) is 0 Å². The van der Waals surface area contributed by atoms with Crippen molar-refractivity contribution in [1.82, 2.24) is 4.90 Å². The fourth-order valence-corrected chi connectivity index (χ4v) is 2.80. The highest BCUT2D eigenvalue weighted by atomic mass is 35.5. The summed E-state index contributed by atoms with van der Waals surface area (Å²) in [6.45, 7) is 0.320. The molecule has 1 saturated heterocycles. The molecule has 9 heteroatoms. The maximum atomic E-state index is 12.2. The zero-order valence-corrected chi connectivity index (χ0v) is 13.6. The van der Waals surface area contributed by atoms with Gasteiger partial charge in [0.25, 0.3) is 0 Å². The zero-order chi connectivity index (χ0) is 17.7. The number of likely N-dealkylation sites (tertiary alicyclic amines) is 1. The number of ether oxygens (including phenoxy) is 1. The van der Waals surface area contributed by atoms with Crippen LogP contribution in [0, 0.1) is 10.1 Å². The third-order valence-corrected chi connectivity index (χ3v) is 4.03. The molecule has 1 aliphatic rings. The first kappa shape index (κ1) is 18.0. The van der Waals surface area contributed by atoms with Gasteiger partial charge >= 0.3 is 11.7 Å². The zero-order valence-electron chi connectivity index (χ0n) is 12.8. The van der Waals surface area contributed by atoms with Crippen LogP contribution in [-0.2, 0) is 9.59 Å². The molecule has 1 aromatic rings. The molecular weight excluding hydrogens is 340 g/mol. The first-order valence-electron chi connectivity index (χ1n) is 7.49. The molecule has 130 valence electrons. The SMILES string of the molecule is O=C(O)C1CCCCN1C(=O)CCOc1ccc(Cl)cc1[N+](=O)[O-]. The largest absolute Gasteiger partial charge is 0.486 e. The van der Waals surface area contributed by atoms with E-state index in [4.69, 9.17) is 16.3 Å². The smallest absolute Gasteiger partial charge is 0.326 e. The van der Waals surface area contributed by atoms with E-state index in [1.54, 1.807) is 0 Å². The van der Waals surface area contributed by atoms with Crippen molar-refractivity contribution in [3.63, 3.8) is 0 Å². The number of aliphatic carboxylic acids is 1. The molecule has 24 heavy (non-hydrogen) atoms. The van der Waals surface area contributed by atoms with Crippen molar-refractivity contribution in [1.29, 1.82) is 0 Å². The molecule has 2 rings (SSSR count). The van der Waals surface area contributed by atoms with Crippen LogP contribution < -0.4 is 4.74 Å². The fraction of sp³-hybridized carbons (Fsp3) is 0.467. The molecule has 0 aromatic heterocycles. The van der Waals surface area contributed by atoms with Gasteiger partial charge in [-0.2, -0.15) is 0 Å². The number of carbonyl (C=O) groups is 2. The fourth-order valence-electron chi connectivity index (χ4n) is 2.63. The number of halogens is 1. The number of hydrogen-bond acceptors (Lipinski definition) is 5.